The lowest BCUT2D eigenvalue weighted by Gasteiger charge is -2.42. The fourth-order valence-electron chi connectivity index (χ4n) is 3.25. The number of anilines is 2. The van der Waals surface area contributed by atoms with E-state index in [-0.39, 0.29) is 5.91 Å². The summed E-state index contributed by atoms with van der Waals surface area (Å²) in [7, 11) is 1.88. The molecule has 3 rings (SSSR count). The first-order valence-electron chi connectivity index (χ1n) is 7.79. The number of hydrogen-bond acceptors (Lipinski definition) is 5. The molecule has 6 nitrogen and oxygen atoms in total. The van der Waals surface area contributed by atoms with Gasteiger partial charge in [-0.15, -0.1) is 0 Å². The Hall–Kier alpha value is -1.85. The molecule has 2 atom stereocenters. The number of carbonyl (C=O) groups excluding carboxylic acids is 1. The number of aromatic nitrogens is 2. The zero-order valence-corrected chi connectivity index (χ0v) is 12.7. The summed E-state index contributed by atoms with van der Waals surface area (Å²) in [5.74, 6) is 3.49. The maximum Gasteiger partial charge on any atom is 0.220 e. The first kappa shape index (κ1) is 14.1. The lowest BCUT2D eigenvalue weighted by atomic mass is 9.85. The van der Waals surface area contributed by atoms with Crippen LogP contribution in [0.5, 0.6) is 0 Å². The van der Waals surface area contributed by atoms with Crippen molar-refractivity contribution < 1.29 is 4.79 Å². The van der Waals surface area contributed by atoms with Crippen molar-refractivity contribution in [2.45, 2.75) is 38.6 Å². The number of piperidine rings is 2. The van der Waals surface area contributed by atoms with Gasteiger partial charge in [0.15, 0.2) is 0 Å². The van der Waals surface area contributed by atoms with Crippen molar-refractivity contribution in [1.82, 2.24) is 15.3 Å². The fraction of sp³-hybridized carbons (Fsp3) is 0.667. The van der Waals surface area contributed by atoms with Crippen LogP contribution in [0.2, 0.25) is 0 Å². The van der Waals surface area contributed by atoms with Crippen LogP contribution in [0, 0.1) is 5.92 Å². The monoisotopic (exact) mass is 289 g/mol. The first-order valence-corrected chi connectivity index (χ1v) is 7.79. The highest BCUT2D eigenvalue weighted by molar-refractivity contribution is 5.77. The van der Waals surface area contributed by atoms with E-state index in [1.54, 1.807) is 0 Å². The molecule has 2 aliphatic rings. The molecule has 0 aliphatic carbocycles. The third-order valence-corrected chi connectivity index (χ3v) is 4.48. The fourth-order valence-corrected chi connectivity index (χ4v) is 3.25. The molecule has 2 aliphatic heterocycles. The molecule has 1 aromatic rings. The Labute approximate surface area is 125 Å². The molecule has 2 unspecified atom stereocenters. The smallest absolute Gasteiger partial charge is 0.220 e. The van der Waals surface area contributed by atoms with Crippen molar-refractivity contribution in [2.75, 3.05) is 30.4 Å². The number of hydrogen-bond donors (Lipinski definition) is 2. The van der Waals surface area contributed by atoms with Gasteiger partial charge in [0.05, 0.1) is 0 Å². The molecule has 2 N–H and O–H groups in total. The molecule has 2 saturated heterocycles. The molecule has 1 aromatic heterocycles. The Morgan fingerprint density at radius 2 is 2.29 bits per heavy atom. The van der Waals surface area contributed by atoms with Gasteiger partial charge in [-0.3, -0.25) is 4.79 Å². The van der Waals surface area contributed by atoms with Crippen molar-refractivity contribution in [3.8, 4) is 0 Å². The van der Waals surface area contributed by atoms with Crippen LogP contribution in [-0.4, -0.2) is 42.1 Å². The second kappa shape index (κ2) is 5.87. The van der Waals surface area contributed by atoms with Gasteiger partial charge in [-0.25, -0.2) is 9.97 Å². The van der Waals surface area contributed by atoms with Gasteiger partial charge in [-0.1, -0.05) is 6.92 Å². The summed E-state index contributed by atoms with van der Waals surface area (Å²) in [4.78, 5) is 22.9. The number of rotatable bonds is 3. The van der Waals surface area contributed by atoms with E-state index in [2.05, 4.69) is 32.4 Å². The summed E-state index contributed by atoms with van der Waals surface area (Å²) in [6.07, 6.45) is 3.47. The molecule has 0 radical (unpaired) electrons. The molecule has 2 fully saturated rings. The van der Waals surface area contributed by atoms with Crippen molar-refractivity contribution in [3.05, 3.63) is 11.9 Å². The van der Waals surface area contributed by atoms with E-state index in [4.69, 9.17) is 0 Å². The van der Waals surface area contributed by atoms with Crippen LogP contribution < -0.4 is 15.5 Å². The normalized spacial score (nSPS) is 25.2. The second-order valence-corrected chi connectivity index (χ2v) is 5.84. The summed E-state index contributed by atoms with van der Waals surface area (Å²) < 4.78 is 0. The Morgan fingerprint density at radius 1 is 1.43 bits per heavy atom. The molecule has 21 heavy (non-hydrogen) atoms. The molecule has 6 heteroatoms. The van der Waals surface area contributed by atoms with E-state index in [0.717, 1.165) is 49.8 Å². The minimum absolute atomic E-state index is 0.206. The Morgan fingerprint density at radius 3 is 3.05 bits per heavy atom. The average Bonchev–Trinajstić information content (AvgIpc) is 2.53. The lowest BCUT2D eigenvalue weighted by molar-refractivity contribution is -0.124. The van der Waals surface area contributed by atoms with Gasteiger partial charge in [0, 0.05) is 45.1 Å². The van der Waals surface area contributed by atoms with Crippen LogP contribution in [0.15, 0.2) is 6.07 Å². The number of fused-ring (bicyclic) bond motifs is 1. The quantitative estimate of drug-likeness (QED) is 0.874. The van der Waals surface area contributed by atoms with Crippen LogP contribution in [0.4, 0.5) is 11.6 Å². The highest BCUT2D eigenvalue weighted by atomic mass is 16.1. The highest BCUT2D eigenvalue weighted by Gasteiger charge is 2.34. The Bertz CT molecular complexity index is 511. The summed E-state index contributed by atoms with van der Waals surface area (Å²) in [5.41, 5.74) is 0. The van der Waals surface area contributed by atoms with E-state index in [9.17, 15) is 4.79 Å². The maximum atomic E-state index is 11.5. The van der Waals surface area contributed by atoms with E-state index < -0.39 is 0 Å². The molecule has 0 spiro atoms. The van der Waals surface area contributed by atoms with Gasteiger partial charge < -0.3 is 15.5 Å². The predicted molar refractivity (Wildman–Crippen MR) is 82.4 cm³/mol. The zero-order valence-electron chi connectivity index (χ0n) is 12.7. The third kappa shape index (κ3) is 2.94. The van der Waals surface area contributed by atoms with Gasteiger partial charge in [-0.05, 0) is 18.8 Å². The van der Waals surface area contributed by atoms with Gasteiger partial charge >= 0.3 is 0 Å². The number of carbonyl (C=O) groups is 1. The second-order valence-electron chi connectivity index (χ2n) is 5.84. The van der Waals surface area contributed by atoms with Crippen LogP contribution >= 0.6 is 0 Å². The van der Waals surface area contributed by atoms with Gasteiger partial charge in [0.2, 0.25) is 5.91 Å². The molecule has 1 amide bonds. The molecule has 0 aromatic carbocycles. The van der Waals surface area contributed by atoms with Crippen LogP contribution in [0.3, 0.4) is 0 Å². The molecule has 0 saturated carbocycles. The predicted octanol–water partition coefficient (Wildman–Crippen LogP) is 1.19. The first-order chi connectivity index (χ1) is 10.2. The van der Waals surface area contributed by atoms with Gasteiger partial charge in [0.25, 0.3) is 0 Å². The molecule has 3 heterocycles. The number of nitrogens with zero attached hydrogens (tertiary/aromatic N) is 3. The van der Waals surface area contributed by atoms with E-state index >= 15 is 0 Å². The van der Waals surface area contributed by atoms with E-state index in [1.807, 2.05) is 13.1 Å². The Kier molecular flexibility index (Phi) is 3.94. The lowest BCUT2D eigenvalue weighted by Crippen LogP contribution is -2.54. The molecular formula is C15H23N5O. The zero-order chi connectivity index (χ0) is 14.8. The maximum absolute atomic E-state index is 11.5. The molecular weight excluding hydrogens is 266 g/mol. The van der Waals surface area contributed by atoms with Gasteiger partial charge in [0.1, 0.15) is 17.5 Å². The standard InChI is InChI=1S/C15H23N5O/c1-3-12-18-13(16-2)8-14(19-12)20-7-6-11-10(9-20)4-5-15(21)17-11/h8,10-11H,3-7,9H2,1-2H3,(H,17,21)(H,16,18,19). The van der Waals surface area contributed by atoms with E-state index in [0.29, 0.717) is 18.4 Å². The summed E-state index contributed by atoms with van der Waals surface area (Å²) in [6, 6.07) is 2.36. The average molecular weight is 289 g/mol. The SMILES string of the molecule is CCc1nc(NC)cc(N2CCC3NC(=O)CCC3C2)n1. The van der Waals surface area contributed by atoms with E-state index in [1.165, 1.54) is 0 Å². The number of aryl methyl sites for hydroxylation is 1. The molecule has 0 bridgehead atoms. The summed E-state index contributed by atoms with van der Waals surface area (Å²) >= 11 is 0. The van der Waals surface area contributed by atoms with Crippen molar-refractivity contribution >= 4 is 17.5 Å². The highest BCUT2D eigenvalue weighted by Crippen LogP contribution is 2.28. The van der Waals surface area contributed by atoms with Crippen molar-refractivity contribution in [2.24, 2.45) is 5.92 Å². The van der Waals surface area contributed by atoms with Crippen molar-refractivity contribution in [3.63, 3.8) is 0 Å². The minimum Gasteiger partial charge on any atom is -0.373 e. The Balaban J connectivity index is 1.77. The topological polar surface area (TPSA) is 70.2 Å². The largest absolute Gasteiger partial charge is 0.373 e. The van der Waals surface area contributed by atoms with Crippen LogP contribution in [-0.2, 0) is 11.2 Å². The van der Waals surface area contributed by atoms with Crippen molar-refractivity contribution in [1.29, 1.82) is 0 Å². The summed E-state index contributed by atoms with van der Waals surface area (Å²) in [6.45, 7) is 3.97. The third-order valence-electron chi connectivity index (χ3n) is 4.48. The van der Waals surface area contributed by atoms with Gasteiger partial charge in [-0.2, -0.15) is 0 Å². The van der Waals surface area contributed by atoms with Crippen LogP contribution in [0.1, 0.15) is 32.0 Å². The summed E-state index contributed by atoms with van der Waals surface area (Å²) in [5, 5.41) is 6.23. The number of nitrogens with one attached hydrogen (secondary N) is 2. The van der Waals surface area contributed by atoms with Crippen LogP contribution in [0.25, 0.3) is 0 Å². The minimum atomic E-state index is 0.206. The number of amides is 1. The molecule has 114 valence electrons.